The second-order valence-corrected chi connectivity index (χ2v) is 6.00. The average molecular weight is 349 g/mol. The highest BCUT2D eigenvalue weighted by atomic mass is 35.5. The Bertz CT molecular complexity index is 1100. The van der Waals surface area contributed by atoms with Crippen molar-refractivity contribution in [2.75, 3.05) is 0 Å². The maximum Gasteiger partial charge on any atom is 0.307 e. The molecule has 0 radical (unpaired) electrons. The van der Waals surface area contributed by atoms with Crippen LogP contribution in [-0.2, 0) is 0 Å². The molecular weight excluding hydrogens is 336 g/mol. The smallest absolute Gasteiger partial charge is 0.307 e. The van der Waals surface area contributed by atoms with Crippen molar-refractivity contribution < 1.29 is 9.21 Å². The number of furan rings is 1. The molecule has 0 aliphatic heterocycles. The van der Waals surface area contributed by atoms with Crippen LogP contribution in [0.3, 0.4) is 0 Å². The average Bonchev–Trinajstić information content (AvgIpc) is 3.08. The molecule has 4 rings (SSSR count). The van der Waals surface area contributed by atoms with Crippen LogP contribution >= 0.6 is 11.6 Å². The van der Waals surface area contributed by atoms with Crippen LogP contribution in [0, 0.1) is 0 Å². The van der Waals surface area contributed by atoms with Gasteiger partial charge in [0.05, 0.1) is 6.21 Å². The van der Waals surface area contributed by atoms with Crippen LogP contribution in [0.25, 0.3) is 21.7 Å². The van der Waals surface area contributed by atoms with Crippen LogP contribution in [0.2, 0.25) is 5.02 Å². The Labute approximate surface area is 148 Å². The summed E-state index contributed by atoms with van der Waals surface area (Å²) in [6.45, 7) is 0. The van der Waals surface area contributed by atoms with E-state index in [4.69, 9.17) is 16.0 Å². The third kappa shape index (κ3) is 3.12. The fourth-order valence-electron chi connectivity index (χ4n) is 2.67. The van der Waals surface area contributed by atoms with Crippen LogP contribution < -0.4 is 5.43 Å². The first-order chi connectivity index (χ1) is 12.2. The van der Waals surface area contributed by atoms with Crippen molar-refractivity contribution in [1.29, 1.82) is 0 Å². The predicted octanol–water partition coefficient (Wildman–Crippen LogP) is 5.00. The molecule has 0 spiro atoms. The number of amides is 1. The number of carbonyl (C=O) groups excluding carboxylic acids is 1. The lowest BCUT2D eigenvalue weighted by Crippen LogP contribution is -2.16. The Morgan fingerprint density at radius 1 is 1.00 bits per heavy atom. The summed E-state index contributed by atoms with van der Waals surface area (Å²) in [5.41, 5.74) is 3.98. The monoisotopic (exact) mass is 348 g/mol. The first kappa shape index (κ1) is 15.4. The molecule has 25 heavy (non-hydrogen) atoms. The van der Waals surface area contributed by atoms with Gasteiger partial charge in [0, 0.05) is 10.4 Å². The second kappa shape index (κ2) is 6.42. The van der Waals surface area contributed by atoms with Crippen molar-refractivity contribution in [2.45, 2.75) is 0 Å². The summed E-state index contributed by atoms with van der Waals surface area (Å²) in [5, 5.41) is 7.66. The molecule has 5 heteroatoms. The number of hydrazone groups is 1. The zero-order chi connectivity index (χ0) is 17.2. The Morgan fingerprint density at radius 2 is 1.80 bits per heavy atom. The molecule has 1 amide bonds. The number of hydrogen-bond donors (Lipinski definition) is 1. The number of fused-ring (bicyclic) bond motifs is 3. The molecule has 0 atom stereocenters. The van der Waals surface area contributed by atoms with Gasteiger partial charge in [-0.25, -0.2) is 5.43 Å². The number of nitrogens with zero attached hydrogens (tertiary/aromatic N) is 1. The summed E-state index contributed by atoms with van der Waals surface area (Å²) in [6, 6.07) is 20.7. The summed E-state index contributed by atoms with van der Waals surface area (Å²) in [7, 11) is 0. The van der Waals surface area contributed by atoms with Gasteiger partial charge in [0.25, 0.3) is 0 Å². The molecule has 4 aromatic rings. The SMILES string of the molecule is O=C(N/N=C\c1ccc(Cl)cc1)c1cc2c(ccc3ccccc32)o1. The molecule has 0 aliphatic rings. The largest absolute Gasteiger partial charge is 0.451 e. The van der Waals surface area contributed by atoms with Gasteiger partial charge in [-0.15, -0.1) is 0 Å². The van der Waals surface area contributed by atoms with Crippen molar-refractivity contribution in [1.82, 2.24) is 5.43 Å². The highest BCUT2D eigenvalue weighted by Crippen LogP contribution is 2.28. The zero-order valence-corrected chi connectivity index (χ0v) is 13.8. The van der Waals surface area contributed by atoms with Crippen molar-refractivity contribution >= 4 is 45.5 Å². The number of halogens is 1. The number of rotatable bonds is 3. The number of hydrogen-bond acceptors (Lipinski definition) is 3. The zero-order valence-electron chi connectivity index (χ0n) is 13.1. The van der Waals surface area contributed by atoms with Crippen LogP contribution in [0.4, 0.5) is 0 Å². The standard InChI is InChI=1S/C20H13ClN2O2/c21-15-8-5-13(6-9-15)12-22-23-20(24)19-11-17-16-4-2-1-3-14(16)7-10-18(17)25-19/h1-12H,(H,23,24)/b22-12-. The van der Waals surface area contributed by atoms with E-state index in [1.165, 1.54) is 0 Å². The maximum absolute atomic E-state index is 12.3. The third-order valence-electron chi connectivity index (χ3n) is 3.90. The van der Waals surface area contributed by atoms with E-state index >= 15 is 0 Å². The summed E-state index contributed by atoms with van der Waals surface area (Å²) in [4.78, 5) is 12.3. The van der Waals surface area contributed by atoms with Crippen LogP contribution in [-0.4, -0.2) is 12.1 Å². The highest BCUT2D eigenvalue weighted by Gasteiger charge is 2.13. The first-order valence-corrected chi connectivity index (χ1v) is 8.09. The molecule has 0 unspecified atom stereocenters. The normalized spacial score (nSPS) is 11.4. The van der Waals surface area contributed by atoms with Gasteiger partial charge >= 0.3 is 5.91 Å². The van der Waals surface area contributed by atoms with Crippen molar-refractivity contribution in [3.63, 3.8) is 0 Å². The summed E-state index contributed by atoms with van der Waals surface area (Å²) < 4.78 is 5.65. The predicted molar refractivity (Wildman–Crippen MR) is 100 cm³/mol. The molecule has 0 bridgehead atoms. The molecule has 0 saturated carbocycles. The Hall–Kier alpha value is -3.11. The Balaban J connectivity index is 1.57. The van der Waals surface area contributed by atoms with Gasteiger partial charge < -0.3 is 4.42 Å². The quantitative estimate of drug-likeness (QED) is 0.418. The van der Waals surface area contributed by atoms with Gasteiger partial charge in [-0.05, 0) is 40.6 Å². The number of benzene rings is 3. The summed E-state index contributed by atoms with van der Waals surface area (Å²) >= 11 is 5.83. The lowest BCUT2D eigenvalue weighted by atomic mass is 10.1. The van der Waals surface area contributed by atoms with E-state index in [0.717, 1.165) is 21.7 Å². The molecule has 1 N–H and O–H groups in total. The van der Waals surface area contributed by atoms with E-state index < -0.39 is 5.91 Å². The molecule has 0 saturated heterocycles. The van der Waals surface area contributed by atoms with E-state index in [1.807, 2.05) is 48.5 Å². The van der Waals surface area contributed by atoms with Crippen molar-refractivity contribution in [2.24, 2.45) is 5.10 Å². The molecule has 4 nitrogen and oxygen atoms in total. The minimum atomic E-state index is -0.398. The van der Waals surface area contributed by atoms with Gasteiger partial charge in [0.1, 0.15) is 5.58 Å². The van der Waals surface area contributed by atoms with Gasteiger partial charge in [0.15, 0.2) is 5.76 Å². The molecule has 122 valence electrons. The van der Waals surface area contributed by atoms with Crippen molar-refractivity contribution in [3.05, 3.63) is 83.1 Å². The van der Waals surface area contributed by atoms with Crippen LogP contribution in [0.5, 0.6) is 0 Å². The number of nitrogens with one attached hydrogen (secondary N) is 1. The maximum atomic E-state index is 12.3. The lowest BCUT2D eigenvalue weighted by Gasteiger charge is -1.96. The minimum absolute atomic E-state index is 0.222. The van der Waals surface area contributed by atoms with Crippen LogP contribution in [0.1, 0.15) is 16.1 Å². The fraction of sp³-hybridized carbons (Fsp3) is 0. The van der Waals surface area contributed by atoms with E-state index in [9.17, 15) is 4.79 Å². The third-order valence-corrected chi connectivity index (χ3v) is 4.15. The van der Waals surface area contributed by atoms with E-state index in [2.05, 4.69) is 10.5 Å². The molecule has 1 aromatic heterocycles. The highest BCUT2D eigenvalue weighted by molar-refractivity contribution is 6.30. The van der Waals surface area contributed by atoms with Gasteiger partial charge in [-0.1, -0.05) is 54.1 Å². The second-order valence-electron chi connectivity index (χ2n) is 5.56. The Morgan fingerprint density at radius 3 is 2.64 bits per heavy atom. The Kier molecular flexibility index (Phi) is 3.96. The molecule has 3 aromatic carbocycles. The lowest BCUT2D eigenvalue weighted by molar-refractivity contribution is 0.0929. The fourth-order valence-corrected chi connectivity index (χ4v) is 2.80. The van der Waals surface area contributed by atoms with Gasteiger partial charge in [-0.2, -0.15) is 5.10 Å². The van der Waals surface area contributed by atoms with Gasteiger partial charge in [0.2, 0.25) is 0 Å². The molecular formula is C20H13ClN2O2. The van der Waals surface area contributed by atoms with E-state index in [-0.39, 0.29) is 5.76 Å². The summed E-state index contributed by atoms with van der Waals surface area (Å²) in [5.74, 6) is -0.176. The van der Waals surface area contributed by atoms with E-state index in [0.29, 0.717) is 10.6 Å². The molecule has 0 fully saturated rings. The topological polar surface area (TPSA) is 54.6 Å². The van der Waals surface area contributed by atoms with Gasteiger partial charge in [-0.3, -0.25) is 4.79 Å². The molecule has 1 heterocycles. The summed E-state index contributed by atoms with van der Waals surface area (Å²) in [6.07, 6.45) is 1.55. The minimum Gasteiger partial charge on any atom is -0.451 e. The van der Waals surface area contributed by atoms with Crippen molar-refractivity contribution in [3.8, 4) is 0 Å². The number of carbonyl (C=O) groups is 1. The molecule has 0 aliphatic carbocycles. The van der Waals surface area contributed by atoms with Crippen LogP contribution in [0.15, 0.2) is 76.2 Å². The first-order valence-electron chi connectivity index (χ1n) is 7.71. The van der Waals surface area contributed by atoms with E-state index in [1.54, 1.807) is 24.4 Å².